The fourth-order valence-corrected chi connectivity index (χ4v) is 3.70. The lowest BCUT2D eigenvalue weighted by Crippen LogP contribution is -2.53. The minimum absolute atomic E-state index is 0.351. The average Bonchev–Trinajstić information content (AvgIpc) is 3.23. The maximum atomic E-state index is 13.4. The van der Waals surface area contributed by atoms with Crippen LogP contribution < -0.4 is 5.32 Å². The number of likely N-dealkylation sites (tertiary alicyclic amines) is 1. The number of carbonyl (C=O) groups is 1. The first-order valence-electron chi connectivity index (χ1n) is 8.30. The summed E-state index contributed by atoms with van der Waals surface area (Å²) in [6.45, 7) is 2.02. The SMILES string of the molecule is Cc1nc([C@H]2CCCN2C(=O)N[C@H](C2CCCC2)C(F)(F)F)no1. The molecule has 0 bridgehead atoms. The van der Waals surface area contributed by atoms with Crippen molar-refractivity contribution in [2.75, 3.05) is 6.54 Å². The molecule has 3 rings (SSSR count). The Balaban J connectivity index is 1.72. The molecular formula is C15H21F3N4O2. The molecule has 1 aromatic heterocycles. The predicted molar refractivity (Wildman–Crippen MR) is 78.0 cm³/mol. The maximum Gasteiger partial charge on any atom is 0.408 e. The number of carbonyl (C=O) groups excluding carboxylic acids is 1. The Hall–Kier alpha value is -1.80. The number of aromatic nitrogens is 2. The topological polar surface area (TPSA) is 71.3 Å². The van der Waals surface area contributed by atoms with E-state index in [2.05, 4.69) is 15.5 Å². The third-order valence-electron chi connectivity index (χ3n) is 4.86. The summed E-state index contributed by atoms with van der Waals surface area (Å²) in [4.78, 5) is 18.0. The lowest BCUT2D eigenvalue weighted by atomic mass is 9.98. The highest BCUT2D eigenvalue weighted by molar-refractivity contribution is 5.75. The molecule has 9 heteroatoms. The zero-order valence-electron chi connectivity index (χ0n) is 13.5. The fraction of sp³-hybridized carbons (Fsp3) is 0.800. The van der Waals surface area contributed by atoms with E-state index in [0.29, 0.717) is 43.9 Å². The van der Waals surface area contributed by atoms with Crippen molar-refractivity contribution in [3.8, 4) is 0 Å². The summed E-state index contributed by atoms with van der Waals surface area (Å²) >= 11 is 0. The molecule has 24 heavy (non-hydrogen) atoms. The van der Waals surface area contributed by atoms with E-state index in [-0.39, 0.29) is 0 Å². The zero-order chi connectivity index (χ0) is 17.3. The quantitative estimate of drug-likeness (QED) is 0.911. The van der Waals surface area contributed by atoms with E-state index < -0.39 is 30.2 Å². The van der Waals surface area contributed by atoms with Gasteiger partial charge in [0, 0.05) is 13.5 Å². The highest BCUT2D eigenvalue weighted by atomic mass is 19.4. The molecular weight excluding hydrogens is 325 g/mol. The average molecular weight is 346 g/mol. The van der Waals surface area contributed by atoms with Crippen molar-refractivity contribution in [3.05, 3.63) is 11.7 Å². The highest BCUT2D eigenvalue weighted by Crippen LogP contribution is 2.36. The van der Waals surface area contributed by atoms with E-state index in [1.54, 1.807) is 6.92 Å². The van der Waals surface area contributed by atoms with Crippen LogP contribution in [-0.2, 0) is 0 Å². The Kier molecular flexibility index (Phi) is 4.69. The van der Waals surface area contributed by atoms with Crippen LogP contribution >= 0.6 is 0 Å². The number of nitrogens with one attached hydrogen (secondary N) is 1. The normalized spacial score (nSPS) is 23.7. The second-order valence-corrected chi connectivity index (χ2v) is 6.54. The molecule has 0 unspecified atom stereocenters. The Morgan fingerprint density at radius 2 is 2.00 bits per heavy atom. The fourth-order valence-electron chi connectivity index (χ4n) is 3.70. The summed E-state index contributed by atoms with van der Waals surface area (Å²) in [5.41, 5.74) is 0. The van der Waals surface area contributed by atoms with Crippen LogP contribution in [0.1, 0.15) is 56.3 Å². The van der Waals surface area contributed by atoms with Gasteiger partial charge >= 0.3 is 12.2 Å². The van der Waals surface area contributed by atoms with Crippen LogP contribution in [0.3, 0.4) is 0 Å². The van der Waals surface area contributed by atoms with Gasteiger partial charge in [0.2, 0.25) is 5.89 Å². The number of hydrogen-bond donors (Lipinski definition) is 1. The lowest BCUT2D eigenvalue weighted by molar-refractivity contribution is -0.165. The van der Waals surface area contributed by atoms with Crippen LogP contribution in [0.4, 0.5) is 18.0 Å². The second-order valence-electron chi connectivity index (χ2n) is 6.54. The third kappa shape index (κ3) is 3.49. The van der Waals surface area contributed by atoms with Gasteiger partial charge in [0.1, 0.15) is 6.04 Å². The zero-order valence-corrected chi connectivity index (χ0v) is 13.5. The number of hydrogen-bond acceptors (Lipinski definition) is 4. The first-order chi connectivity index (χ1) is 11.4. The summed E-state index contributed by atoms with van der Waals surface area (Å²) in [5, 5.41) is 6.03. The number of alkyl halides is 3. The molecule has 1 aromatic rings. The van der Waals surface area contributed by atoms with Crippen molar-refractivity contribution in [2.45, 2.75) is 63.7 Å². The molecule has 2 aliphatic rings. The Morgan fingerprint density at radius 1 is 1.29 bits per heavy atom. The first kappa shape index (κ1) is 17.0. The van der Waals surface area contributed by atoms with Crippen LogP contribution in [-0.4, -0.2) is 39.8 Å². The van der Waals surface area contributed by atoms with Gasteiger partial charge in [-0.15, -0.1) is 0 Å². The molecule has 0 spiro atoms. The number of urea groups is 1. The van der Waals surface area contributed by atoms with E-state index in [1.807, 2.05) is 0 Å². The van der Waals surface area contributed by atoms with E-state index in [9.17, 15) is 18.0 Å². The molecule has 6 nitrogen and oxygen atoms in total. The van der Waals surface area contributed by atoms with Gasteiger partial charge in [-0.3, -0.25) is 0 Å². The number of halogens is 3. The Labute approximate surface area is 137 Å². The summed E-state index contributed by atoms with van der Waals surface area (Å²) < 4.78 is 45.0. The van der Waals surface area contributed by atoms with Crippen molar-refractivity contribution >= 4 is 6.03 Å². The third-order valence-corrected chi connectivity index (χ3v) is 4.86. The van der Waals surface area contributed by atoms with Gasteiger partial charge in [-0.25, -0.2) is 4.79 Å². The van der Waals surface area contributed by atoms with Gasteiger partial charge in [0.05, 0.1) is 6.04 Å². The van der Waals surface area contributed by atoms with Crippen LogP contribution in [0.2, 0.25) is 0 Å². The summed E-state index contributed by atoms with van der Waals surface area (Å²) in [6, 6.07) is -2.92. The molecule has 1 N–H and O–H groups in total. The molecule has 134 valence electrons. The predicted octanol–water partition coefficient (Wildman–Crippen LogP) is 3.35. The van der Waals surface area contributed by atoms with Gasteiger partial charge in [-0.1, -0.05) is 18.0 Å². The molecule has 1 saturated carbocycles. The van der Waals surface area contributed by atoms with E-state index in [0.717, 1.165) is 12.8 Å². The molecule has 0 radical (unpaired) electrons. The highest BCUT2D eigenvalue weighted by Gasteiger charge is 2.47. The molecule has 1 aliphatic carbocycles. The monoisotopic (exact) mass is 346 g/mol. The van der Waals surface area contributed by atoms with E-state index in [4.69, 9.17) is 4.52 Å². The smallest absolute Gasteiger partial charge is 0.340 e. The van der Waals surface area contributed by atoms with Gasteiger partial charge in [-0.2, -0.15) is 18.2 Å². The Bertz CT molecular complexity index is 584. The molecule has 2 fully saturated rings. The second kappa shape index (κ2) is 6.60. The molecule has 1 saturated heterocycles. The molecule has 2 heterocycles. The van der Waals surface area contributed by atoms with Crippen molar-refractivity contribution in [1.29, 1.82) is 0 Å². The number of nitrogens with zero attached hydrogens (tertiary/aromatic N) is 3. The van der Waals surface area contributed by atoms with Crippen molar-refractivity contribution in [3.63, 3.8) is 0 Å². The van der Waals surface area contributed by atoms with E-state index in [1.165, 1.54) is 4.90 Å². The van der Waals surface area contributed by atoms with Crippen LogP contribution in [0.5, 0.6) is 0 Å². The largest absolute Gasteiger partial charge is 0.408 e. The van der Waals surface area contributed by atoms with Gasteiger partial charge in [0.15, 0.2) is 5.82 Å². The van der Waals surface area contributed by atoms with Crippen LogP contribution in [0, 0.1) is 12.8 Å². The maximum absolute atomic E-state index is 13.4. The molecule has 2 amide bonds. The first-order valence-corrected chi connectivity index (χ1v) is 8.30. The van der Waals surface area contributed by atoms with Gasteiger partial charge in [-0.05, 0) is 31.6 Å². The van der Waals surface area contributed by atoms with Crippen molar-refractivity contribution in [1.82, 2.24) is 20.4 Å². The van der Waals surface area contributed by atoms with Crippen LogP contribution in [0.15, 0.2) is 4.52 Å². The molecule has 0 aromatic carbocycles. The number of rotatable bonds is 3. The molecule has 1 aliphatic heterocycles. The van der Waals surface area contributed by atoms with Crippen molar-refractivity contribution < 1.29 is 22.5 Å². The summed E-state index contributed by atoms with van der Waals surface area (Å²) in [7, 11) is 0. The minimum atomic E-state index is -4.44. The van der Waals surface area contributed by atoms with Gasteiger partial charge in [0.25, 0.3) is 0 Å². The van der Waals surface area contributed by atoms with E-state index >= 15 is 0 Å². The molecule has 2 atom stereocenters. The summed E-state index contributed by atoms with van der Waals surface area (Å²) in [6.07, 6.45) is -0.570. The standard InChI is InChI=1S/C15H21F3N4O2/c1-9-19-13(21-24-9)11-7-4-8-22(11)14(23)20-12(15(16,17)18)10-5-2-3-6-10/h10-12H,2-8H2,1H3,(H,20,23)/t11-,12-/m1/s1. The van der Waals surface area contributed by atoms with Gasteiger partial charge < -0.3 is 14.7 Å². The van der Waals surface area contributed by atoms with Crippen LogP contribution in [0.25, 0.3) is 0 Å². The number of aryl methyl sites for hydroxylation is 1. The summed E-state index contributed by atoms with van der Waals surface area (Å²) in [5.74, 6) is 0.184. The number of amides is 2. The Morgan fingerprint density at radius 3 is 2.58 bits per heavy atom. The minimum Gasteiger partial charge on any atom is -0.340 e. The lowest BCUT2D eigenvalue weighted by Gasteiger charge is -2.30. The van der Waals surface area contributed by atoms with Crippen molar-refractivity contribution in [2.24, 2.45) is 5.92 Å².